The van der Waals surface area contributed by atoms with Crippen LogP contribution in [0, 0.1) is 5.41 Å². The van der Waals surface area contributed by atoms with Crippen molar-refractivity contribution in [2.24, 2.45) is 5.41 Å². The number of hydrogen-bond donors (Lipinski definition) is 1. The third kappa shape index (κ3) is 3.42. The van der Waals surface area contributed by atoms with Crippen molar-refractivity contribution in [2.75, 3.05) is 0 Å². The Morgan fingerprint density at radius 2 is 2.11 bits per heavy atom. The van der Waals surface area contributed by atoms with E-state index in [9.17, 15) is 4.79 Å². The van der Waals surface area contributed by atoms with Crippen molar-refractivity contribution < 1.29 is 4.79 Å². The molecule has 0 unspecified atom stereocenters. The van der Waals surface area contributed by atoms with Crippen molar-refractivity contribution in [1.82, 2.24) is 10.2 Å². The van der Waals surface area contributed by atoms with E-state index in [1.54, 1.807) is 6.20 Å². The topological polar surface area (TPSA) is 45.8 Å². The maximum absolute atomic E-state index is 11.9. The maximum Gasteiger partial charge on any atom is 0.137 e. The van der Waals surface area contributed by atoms with Gasteiger partial charge in [0, 0.05) is 18.2 Å². The third-order valence-corrected chi connectivity index (χ3v) is 3.06. The van der Waals surface area contributed by atoms with E-state index in [-0.39, 0.29) is 5.41 Å². The molecule has 1 aromatic heterocycles. The molecule has 0 saturated heterocycles. The van der Waals surface area contributed by atoms with Gasteiger partial charge in [-0.1, -0.05) is 26.8 Å². The van der Waals surface area contributed by atoms with Crippen LogP contribution in [0.1, 0.15) is 39.2 Å². The highest BCUT2D eigenvalue weighted by atomic mass is 16.1. The molecular weight excluding hydrogens is 224 g/mol. The van der Waals surface area contributed by atoms with Crippen LogP contribution in [-0.4, -0.2) is 16.0 Å². The van der Waals surface area contributed by atoms with E-state index in [0.29, 0.717) is 18.6 Å². The molecule has 0 fully saturated rings. The minimum Gasteiger partial charge on any atom is -0.299 e. The Morgan fingerprint density at radius 3 is 2.83 bits per heavy atom. The molecule has 0 amide bonds. The first-order valence-corrected chi connectivity index (χ1v) is 6.38. The number of benzene rings is 1. The van der Waals surface area contributed by atoms with Crippen molar-refractivity contribution in [2.45, 2.75) is 40.0 Å². The van der Waals surface area contributed by atoms with Gasteiger partial charge in [0.25, 0.3) is 0 Å². The van der Waals surface area contributed by atoms with Gasteiger partial charge in [-0.05, 0) is 29.5 Å². The Morgan fingerprint density at radius 1 is 1.33 bits per heavy atom. The summed E-state index contributed by atoms with van der Waals surface area (Å²) in [4.78, 5) is 11.9. The number of nitrogens with zero attached hydrogens (tertiary/aromatic N) is 1. The van der Waals surface area contributed by atoms with E-state index >= 15 is 0 Å². The quantitative estimate of drug-likeness (QED) is 0.894. The highest BCUT2D eigenvalue weighted by molar-refractivity contribution is 5.84. The second-order valence-electron chi connectivity index (χ2n) is 6.07. The second-order valence-corrected chi connectivity index (χ2v) is 6.07. The molecule has 1 heterocycles. The number of carbonyl (C=O) groups is 1. The van der Waals surface area contributed by atoms with Crippen molar-refractivity contribution in [3.8, 4) is 0 Å². The first kappa shape index (κ1) is 12.8. The summed E-state index contributed by atoms with van der Waals surface area (Å²) in [6.07, 6.45) is 3.92. The molecule has 2 aromatic rings. The van der Waals surface area contributed by atoms with E-state index in [1.165, 1.54) is 0 Å². The Hall–Kier alpha value is -1.64. The van der Waals surface area contributed by atoms with Crippen molar-refractivity contribution in [1.29, 1.82) is 0 Å². The normalized spacial score (nSPS) is 11.9. The molecule has 0 spiro atoms. The van der Waals surface area contributed by atoms with Gasteiger partial charge in [0.05, 0.1) is 11.7 Å². The smallest absolute Gasteiger partial charge is 0.137 e. The van der Waals surface area contributed by atoms with E-state index < -0.39 is 0 Å². The summed E-state index contributed by atoms with van der Waals surface area (Å²) in [5.74, 6) is 0.313. The van der Waals surface area contributed by atoms with E-state index in [1.807, 2.05) is 18.2 Å². The first-order valence-electron chi connectivity index (χ1n) is 6.38. The average Bonchev–Trinajstić information content (AvgIpc) is 2.72. The van der Waals surface area contributed by atoms with Gasteiger partial charge in [-0.25, -0.2) is 0 Å². The zero-order valence-corrected chi connectivity index (χ0v) is 11.3. The summed E-state index contributed by atoms with van der Waals surface area (Å²) in [7, 11) is 0. The van der Waals surface area contributed by atoms with Gasteiger partial charge in [-0.2, -0.15) is 5.10 Å². The van der Waals surface area contributed by atoms with Crippen LogP contribution in [0.25, 0.3) is 10.9 Å². The minimum atomic E-state index is 0.226. The summed E-state index contributed by atoms with van der Waals surface area (Å²) in [5, 5.41) is 7.96. The number of ketones is 1. The molecular formula is C15H20N2O. The Kier molecular flexibility index (Phi) is 3.50. The molecule has 18 heavy (non-hydrogen) atoms. The SMILES string of the molecule is CC(C)(C)CCC(=O)Cc1ccc2[nH]ncc2c1. The van der Waals surface area contributed by atoms with Gasteiger partial charge in [0.1, 0.15) is 5.78 Å². The number of H-pyrrole nitrogens is 1. The molecule has 0 bridgehead atoms. The van der Waals surface area contributed by atoms with Crippen LogP contribution >= 0.6 is 0 Å². The van der Waals surface area contributed by atoms with E-state index in [0.717, 1.165) is 22.9 Å². The molecule has 0 aliphatic heterocycles. The number of aromatic amines is 1. The van der Waals surface area contributed by atoms with Gasteiger partial charge < -0.3 is 0 Å². The molecule has 2 rings (SSSR count). The second kappa shape index (κ2) is 4.92. The van der Waals surface area contributed by atoms with Crippen LogP contribution in [0.2, 0.25) is 0 Å². The van der Waals surface area contributed by atoms with Gasteiger partial charge in [0.15, 0.2) is 0 Å². The largest absolute Gasteiger partial charge is 0.299 e. The van der Waals surface area contributed by atoms with Crippen LogP contribution in [0.5, 0.6) is 0 Å². The number of hydrogen-bond acceptors (Lipinski definition) is 2. The number of nitrogens with one attached hydrogen (secondary N) is 1. The summed E-state index contributed by atoms with van der Waals surface area (Å²) in [5.41, 5.74) is 2.31. The highest BCUT2D eigenvalue weighted by Crippen LogP contribution is 2.21. The summed E-state index contributed by atoms with van der Waals surface area (Å²) < 4.78 is 0. The lowest BCUT2D eigenvalue weighted by atomic mass is 9.88. The fourth-order valence-corrected chi connectivity index (χ4v) is 1.93. The molecule has 3 nitrogen and oxygen atoms in total. The molecule has 0 atom stereocenters. The van der Waals surface area contributed by atoms with Crippen LogP contribution in [-0.2, 0) is 11.2 Å². The number of Topliss-reactive ketones (excluding diaryl/α,β-unsaturated/α-hetero) is 1. The Labute approximate surface area is 108 Å². The number of fused-ring (bicyclic) bond motifs is 1. The van der Waals surface area contributed by atoms with Crippen molar-refractivity contribution in [3.63, 3.8) is 0 Å². The lowest BCUT2D eigenvalue weighted by Gasteiger charge is -2.16. The predicted molar refractivity (Wildman–Crippen MR) is 73.5 cm³/mol. The average molecular weight is 244 g/mol. The molecule has 96 valence electrons. The number of aromatic nitrogens is 2. The van der Waals surface area contributed by atoms with Crippen molar-refractivity contribution in [3.05, 3.63) is 30.0 Å². The summed E-state index contributed by atoms with van der Waals surface area (Å²) in [6, 6.07) is 6.01. The fourth-order valence-electron chi connectivity index (χ4n) is 1.93. The van der Waals surface area contributed by atoms with E-state index in [2.05, 4.69) is 31.0 Å². The first-order chi connectivity index (χ1) is 8.44. The predicted octanol–water partition coefficient (Wildman–Crippen LogP) is 3.50. The lowest BCUT2D eigenvalue weighted by molar-refractivity contribution is -0.118. The van der Waals surface area contributed by atoms with Crippen LogP contribution in [0.15, 0.2) is 24.4 Å². The van der Waals surface area contributed by atoms with Crippen LogP contribution in [0.3, 0.4) is 0 Å². The third-order valence-electron chi connectivity index (χ3n) is 3.06. The molecule has 0 aliphatic rings. The molecule has 3 heteroatoms. The molecule has 1 N–H and O–H groups in total. The Bertz CT molecular complexity index is 549. The van der Waals surface area contributed by atoms with Gasteiger partial charge in [0.2, 0.25) is 0 Å². The minimum absolute atomic E-state index is 0.226. The van der Waals surface area contributed by atoms with E-state index in [4.69, 9.17) is 0 Å². The lowest BCUT2D eigenvalue weighted by Crippen LogP contribution is -2.10. The summed E-state index contributed by atoms with van der Waals surface area (Å²) >= 11 is 0. The molecule has 1 aromatic carbocycles. The maximum atomic E-state index is 11.9. The van der Waals surface area contributed by atoms with Crippen LogP contribution < -0.4 is 0 Å². The molecule has 0 aliphatic carbocycles. The van der Waals surface area contributed by atoms with Crippen LogP contribution in [0.4, 0.5) is 0 Å². The van der Waals surface area contributed by atoms with Crippen molar-refractivity contribution >= 4 is 16.7 Å². The fraction of sp³-hybridized carbons (Fsp3) is 0.467. The highest BCUT2D eigenvalue weighted by Gasteiger charge is 2.13. The number of rotatable bonds is 4. The molecule has 0 radical (unpaired) electrons. The van der Waals surface area contributed by atoms with Gasteiger partial charge >= 0.3 is 0 Å². The zero-order valence-electron chi connectivity index (χ0n) is 11.3. The standard InChI is InChI=1S/C15H20N2O/c1-15(2,3)7-6-13(18)9-11-4-5-14-12(8-11)10-16-17-14/h4-5,8,10H,6-7,9H2,1-3H3,(H,16,17). The monoisotopic (exact) mass is 244 g/mol. The summed E-state index contributed by atoms with van der Waals surface area (Å²) in [6.45, 7) is 6.49. The van der Waals surface area contributed by atoms with Gasteiger partial charge in [-0.3, -0.25) is 9.89 Å². The number of carbonyl (C=O) groups excluding carboxylic acids is 1. The zero-order chi connectivity index (χ0) is 13.2. The Balaban J connectivity index is 1.98. The molecule has 0 saturated carbocycles. The van der Waals surface area contributed by atoms with Gasteiger partial charge in [-0.15, -0.1) is 0 Å².